The monoisotopic (exact) mass is 344 g/mol. The number of H-pyrrole nitrogens is 1. The molecule has 0 unspecified atom stereocenters. The van der Waals surface area contributed by atoms with Gasteiger partial charge in [-0.25, -0.2) is 13.2 Å². The summed E-state index contributed by atoms with van der Waals surface area (Å²) in [5.74, 6) is -0.598. The summed E-state index contributed by atoms with van der Waals surface area (Å²) in [6, 6.07) is 10.4. The van der Waals surface area contributed by atoms with Crippen LogP contribution in [-0.4, -0.2) is 19.4 Å². The number of sulfonamides is 1. The highest BCUT2D eigenvalue weighted by atomic mass is 32.2. The van der Waals surface area contributed by atoms with Gasteiger partial charge >= 0.3 is 5.76 Å². The van der Waals surface area contributed by atoms with Crippen molar-refractivity contribution in [2.75, 3.05) is 4.31 Å². The molecule has 0 saturated heterocycles. The molecule has 0 bridgehead atoms. The fourth-order valence-electron chi connectivity index (χ4n) is 3.37. The van der Waals surface area contributed by atoms with Crippen molar-refractivity contribution in [3.63, 3.8) is 0 Å². The maximum Gasteiger partial charge on any atom is 0.417 e. The third-order valence-electron chi connectivity index (χ3n) is 4.40. The van der Waals surface area contributed by atoms with Gasteiger partial charge in [0.15, 0.2) is 5.58 Å². The Hall–Kier alpha value is -2.54. The van der Waals surface area contributed by atoms with Gasteiger partial charge in [0.25, 0.3) is 10.0 Å². The number of fused-ring (bicyclic) bond motifs is 2. The normalized spacial score (nSPS) is 17.4. The minimum atomic E-state index is -3.76. The molecule has 3 aromatic rings. The molecule has 0 fully saturated rings. The number of hydrogen-bond donors (Lipinski definition) is 1. The van der Waals surface area contributed by atoms with E-state index in [2.05, 4.69) is 4.98 Å². The molecule has 1 aliphatic rings. The summed E-state index contributed by atoms with van der Waals surface area (Å²) in [5.41, 5.74) is 3.02. The zero-order valence-corrected chi connectivity index (χ0v) is 14.1. The fourth-order valence-corrected chi connectivity index (χ4v) is 5.29. The summed E-state index contributed by atoms with van der Waals surface area (Å²) >= 11 is 0. The molecule has 0 amide bonds. The van der Waals surface area contributed by atoms with Crippen LogP contribution in [0.4, 0.5) is 5.69 Å². The van der Waals surface area contributed by atoms with Crippen molar-refractivity contribution in [3.8, 4) is 0 Å². The largest absolute Gasteiger partial charge is 0.417 e. The quantitative estimate of drug-likeness (QED) is 0.774. The van der Waals surface area contributed by atoms with E-state index in [4.69, 9.17) is 4.42 Å². The Morgan fingerprint density at radius 2 is 2.00 bits per heavy atom. The van der Waals surface area contributed by atoms with Gasteiger partial charge in [0, 0.05) is 12.1 Å². The second-order valence-corrected chi connectivity index (χ2v) is 7.89. The molecule has 124 valence electrons. The van der Waals surface area contributed by atoms with Crippen molar-refractivity contribution in [1.82, 2.24) is 4.98 Å². The molecular weight excluding hydrogens is 328 g/mol. The molecule has 1 N–H and O–H groups in total. The summed E-state index contributed by atoms with van der Waals surface area (Å²) < 4.78 is 33.0. The van der Waals surface area contributed by atoms with E-state index < -0.39 is 15.8 Å². The number of aromatic nitrogens is 1. The first kappa shape index (κ1) is 15.0. The topological polar surface area (TPSA) is 83.4 Å². The van der Waals surface area contributed by atoms with Gasteiger partial charge in [-0.3, -0.25) is 9.29 Å². The van der Waals surface area contributed by atoms with E-state index in [1.54, 1.807) is 13.0 Å². The molecule has 0 aliphatic carbocycles. The van der Waals surface area contributed by atoms with Gasteiger partial charge in [-0.1, -0.05) is 18.2 Å². The minimum Gasteiger partial charge on any atom is -0.408 e. The van der Waals surface area contributed by atoms with E-state index in [1.807, 2.05) is 31.2 Å². The van der Waals surface area contributed by atoms with Gasteiger partial charge in [-0.2, -0.15) is 0 Å². The highest BCUT2D eigenvalue weighted by Gasteiger charge is 2.36. The molecule has 1 aromatic heterocycles. The van der Waals surface area contributed by atoms with Crippen LogP contribution >= 0.6 is 0 Å². The van der Waals surface area contributed by atoms with Crippen molar-refractivity contribution >= 4 is 26.8 Å². The second-order valence-electron chi connectivity index (χ2n) is 6.11. The van der Waals surface area contributed by atoms with Crippen LogP contribution < -0.4 is 10.1 Å². The predicted molar refractivity (Wildman–Crippen MR) is 90.8 cm³/mol. The molecule has 0 saturated carbocycles. The first-order valence-corrected chi connectivity index (χ1v) is 9.08. The Morgan fingerprint density at radius 3 is 2.79 bits per heavy atom. The summed E-state index contributed by atoms with van der Waals surface area (Å²) in [4.78, 5) is 14.0. The standard InChI is InChI=1S/C17H16N2O4S/c1-10-7-13-15(23-17(20)18-13)9-16(10)24(21,22)19-11(2)8-12-5-3-4-6-14(12)19/h3-7,9,11H,8H2,1-2H3,(H,18,20)/t11-/m1/s1. The Balaban J connectivity index is 1.92. The first-order chi connectivity index (χ1) is 11.4. The zero-order valence-electron chi connectivity index (χ0n) is 13.2. The highest BCUT2D eigenvalue weighted by Crippen LogP contribution is 2.37. The van der Waals surface area contributed by atoms with Crippen LogP contribution in [0.15, 0.2) is 50.5 Å². The number of anilines is 1. The van der Waals surface area contributed by atoms with Crippen molar-refractivity contribution in [2.24, 2.45) is 0 Å². The van der Waals surface area contributed by atoms with E-state index in [-0.39, 0.29) is 16.5 Å². The van der Waals surface area contributed by atoms with Crippen LogP contribution in [0.5, 0.6) is 0 Å². The molecular formula is C17H16N2O4S. The van der Waals surface area contributed by atoms with E-state index in [0.717, 1.165) is 5.56 Å². The highest BCUT2D eigenvalue weighted by molar-refractivity contribution is 7.93. The van der Waals surface area contributed by atoms with Crippen LogP contribution in [0.25, 0.3) is 11.1 Å². The molecule has 1 atom stereocenters. The van der Waals surface area contributed by atoms with Crippen LogP contribution in [0.2, 0.25) is 0 Å². The molecule has 7 heteroatoms. The molecule has 0 radical (unpaired) electrons. The SMILES string of the molecule is Cc1cc2[nH]c(=O)oc2cc1S(=O)(=O)N1c2ccccc2C[C@H]1C. The van der Waals surface area contributed by atoms with Crippen molar-refractivity contribution in [3.05, 3.63) is 58.1 Å². The van der Waals surface area contributed by atoms with Gasteiger partial charge in [0.2, 0.25) is 0 Å². The number of para-hydroxylation sites is 1. The lowest BCUT2D eigenvalue weighted by Crippen LogP contribution is -2.36. The number of benzene rings is 2. The van der Waals surface area contributed by atoms with Gasteiger partial charge in [-0.05, 0) is 43.5 Å². The van der Waals surface area contributed by atoms with E-state index in [1.165, 1.54) is 10.4 Å². The predicted octanol–water partition coefficient (Wildman–Crippen LogP) is 2.57. The summed E-state index contributed by atoms with van der Waals surface area (Å²) in [5, 5.41) is 0. The van der Waals surface area contributed by atoms with E-state index in [0.29, 0.717) is 23.2 Å². The molecule has 24 heavy (non-hydrogen) atoms. The third-order valence-corrected chi connectivity index (χ3v) is 6.47. The Morgan fingerprint density at radius 1 is 1.25 bits per heavy atom. The number of aryl methyl sites for hydroxylation is 1. The number of hydrogen-bond acceptors (Lipinski definition) is 4. The Kier molecular flexibility index (Phi) is 3.11. The Bertz CT molecular complexity index is 1110. The zero-order chi connectivity index (χ0) is 17.1. The number of aromatic amines is 1. The summed E-state index contributed by atoms with van der Waals surface area (Å²) in [6.45, 7) is 3.60. The van der Waals surface area contributed by atoms with Crippen molar-refractivity contribution in [2.45, 2.75) is 31.2 Å². The lowest BCUT2D eigenvalue weighted by atomic mass is 10.1. The first-order valence-electron chi connectivity index (χ1n) is 7.64. The lowest BCUT2D eigenvalue weighted by molar-refractivity contribution is 0.553. The van der Waals surface area contributed by atoms with Crippen LogP contribution in [0.1, 0.15) is 18.1 Å². The maximum atomic E-state index is 13.3. The number of rotatable bonds is 2. The van der Waals surface area contributed by atoms with Gasteiger partial charge < -0.3 is 4.42 Å². The number of nitrogens with zero attached hydrogens (tertiary/aromatic N) is 1. The average molecular weight is 344 g/mol. The average Bonchev–Trinajstić information content (AvgIpc) is 3.03. The Labute approximate surface area is 138 Å². The smallest absolute Gasteiger partial charge is 0.408 e. The molecule has 2 heterocycles. The van der Waals surface area contributed by atoms with E-state index >= 15 is 0 Å². The maximum absolute atomic E-state index is 13.3. The molecule has 2 aromatic carbocycles. The van der Waals surface area contributed by atoms with Gasteiger partial charge in [0.1, 0.15) is 0 Å². The lowest BCUT2D eigenvalue weighted by Gasteiger charge is -2.25. The van der Waals surface area contributed by atoms with Crippen LogP contribution in [0, 0.1) is 6.92 Å². The van der Waals surface area contributed by atoms with Gasteiger partial charge in [-0.15, -0.1) is 0 Å². The number of oxazole rings is 1. The summed E-state index contributed by atoms with van der Waals surface area (Å²) in [7, 11) is -3.76. The number of nitrogens with one attached hydrogen (secondary N) is 1. The van der Waals surface area contributed by atoms with Gasteiger partial charge in [0.05, 0.1) is 16.1 Å². The minimum absolute atomic E-state index is 0.154. The molecule has 4 rings (SSSR count). The van der Waals surface area contributed by atoms with Crippen LogP contribution in [0.3, 0.4) is 0 Å². The second kappa shape index (κ2) is 4.98. The molecule has 0 spiro atoms. The van der Waals surface area contributed by atoms with E-state index in [9.17, 15) is 13.2 Å². The molecule has 6 nitrogen and oxygen atoms in total. The summed E-state index contributed by atoms with van der Waals surface area (Å²) in [6.07, 6.45) is 0.677. The van der Waals surface area contributed by atoms with Crippen molar-refractivity contribution in [1.29, 1.82) is 0 Å². The van der Waals surface area contributed by atoms with Crippen molar-refractivity contribution < 1.29 is 12.8 Å². The fraction of sp³-hybridized carbons (Fsp3) is 0.235. The van der Waals surface area contributed by atoms with Crippen LogP contribution in [-0.2, 0) is 16.4 Å². The third kappa shape index (κ3) is 2.08. The molecule has 1 aliphatic heterocycles.